The lowest BCUT2D eigenvalue weighted by atomic mass is 10.1. The molecule has 0 amide bonds. The minimum absolute atomic E-state index is 0.632. The highest BCUT2D eigenvalue weighted by atomic mass is 15.1. The molecule has 1 N–H and O–H groups in total. The van der Waals surface area contributed by atoms with Crippen molar-refractivity contribution in [2.24, 2.45) is 0 Å². The highest BCUT2D eigenvalue weighted by Gasteiger charge is 2.08. The van der Waals surface area contributed by atoms with Crippen molar-refractivity contribution in [1.82, 2.24) is 10.2 Å². The second-order valence-electron chi connectivity index (χ2n) is 5.06. The van der Waals surface area contributed by atoms with E-state index in [9.17, 15) is 0 Å². The number of nitrogens with one attached hydrogen (secondary N) is 1. The molecule has 0 aromatic carbocycles. The van der Waals surface area contributed by atoms with E-state index in [1.807, 2.05) is 0 Å². The third-order valence-corrected chi connectivity index (χ3v) is 3.30. The lowest BCUT2D eigenvalue weighted by molar-refractivity contribution is 0.210. The van der Waals surface area contributed by atoms with Gasteiger partial charge in [-0.3, -0.25) is 0 Å². The molecule has 0 aromatic heterocycles. The van der Waals surface area contributed by atoms with Crippen molar-refractivity contribution >= 4 is 0 Å². The summed E-state index contributed by atoms with van der Waals surface area (Å²) in [6.45, 7) is 14.9. The van der Waals surface area contributed by atoms with Gasteiger partial charge in [0.1, 0.15) is 0 Å². The molecule has 0 radical (unpaired) electrons. The van der Waals surface area contributed by atoms with E-state index >= 15 is 0 Å². The zero-order chi connectivity index (χ0) is 12.4. The van der Waals surface area contributed by atoms with Gasteiger partial charge in [0.05, 0.1) is 0 Å². The van der Waals surface area contributed by atoms with Crippen LogP contribution in [0.3, 0.4) is 0 Å². The summed E-state index contributed by atoms with van der Waals surface area (Å²) in [6, 6.07) is 1.38. The van der Waals surface area contributed by atoms with Gasteiger partial charge in [-0.25, -0.2) is 0 Å². The Morgan fingerprint density at radius 3 is 2.19 bits per heavy atom. The van der Waals surface area contributed by atoms with Crippen molar-refractivity contribution in [3.63, 3.8) is 0 Å². The van der Waals surface area contributed by atoms with Gasteiger partial charge >= 0.3 is 0 Å². The predicted octanol–water partition coefficient (Wildman–Crippen LogP) is 3.28. The number of nitrogens with zero attached hydrogens (tertiary/aromatic N) is 1. The minimum Gasteiger partial charge on any atom is -0.315 e. The van der Waals surface area contributed by atoms with Gasteiger partial charge in [-0.15, -0.1) is 0 Å². The topological polar surface area (TPSA) is 15.3 Å². The van der Waals surface area contributed by atoms with Gasteiger partial charge in [-0.05, 0) is 45.8 Å². The number of unbranched alkanes of at least 4 members (excludes halogenated alkanes) is 2. The van der Waals surface area contributed by atoms with E-state index in [2.05, 4.69) is 44.8 Å². The lowest BCUT2D eigenvalue weighted by Gasteiger charge is -2.26. The van der Waals surface area contributed by atoms with Crippen LogP contribution in [0.4, 0.5) is 0 Å². The molecule has 0 aliphatic rings. The molecule has 1 unspecified atom stereocenters. The predicted molar refractivity (Wildman–Crippen MR) is 74.0 cm³/mol. The third-order valence-electron chi connectivity index (χ3n) is 3.30. The first-order valence-electron chi connectivity index (χ1n) is 7.09. The Morgan fingerprint density at radius 2 is 1.69 bits per heavy atom. The van der Waals surface area contributed by atoms with Crippen LogP contribution in [0, 0.1) is 0 Å². The van der Waals surface area contributed by atoms with Crippen LogP contribution in [-0.4, -0.2) is 36.6 Å². The maximum absolute atomic E-state index is 3.47. The maximum Gasteiger partial charge on any atom is 0.00641 e. The summed E-state index contributed by atoms with van der Waals surface area (Å²) in [4.78, 5) is 2.59. The van der Waals surface area contributed by atoms with Crippen LogP contribution in [0.2, 0.25) is 0 Å². The molecule has 1 atom stereocenters. The minimum atomic E-state index is 0.632. The van der Waals surface area contributed by atoms with E-state index in [0.717, 1.165) is 6.04 Å². The summed E-state index contributed by atoms with van der Waals surface area (Å²) in [5.41, 5.74) is 0. The molecule has 2 nitrogen and oxygen atoms in total. The van der Waals surface area contributed by atoms with Crippen LogP contribution < -0.4 is 5.32 Å². The highest BCUT2D eigenvalue weighted by molar-refractivity contribution is 4.64. The van der Waals surface area contributed by atoms with Gasteiger partial charge < -0.3 is 10.2 Å². The van der Waals surface area contributed by atoms with E-state index in [4.69, 9.17) is 0 Å². The molecule has 0 rings (SSSR count). The normalized spacial score (nSPS) is 13.7. The van der Waals surface area contributed by atoms with Gasteiger partial charge in [0.2, 0.25) is 0 Å². The Kier molecular flexibility index (Phi) is 10.0. The average molecular weight is 228 g/mol. The van der Waals surface area contributed by atoms with Crippen molar-refractivity contribution < 1.29 is 0 Å². The summed E-state index contributed by atoms with van der Waals surface area (Å²) in [7, 11) is 0. The molecule has 2 heteroatoms. The summed E-state index contributed by atoms with van der Waals surface area (Å²) in [5.74, 6) is 0. The van der Waals surface area contributed by atoms with Gasteiger partial charge in [0.15, 0.2) is 0 Å². The fourth-order valence-electron chi connectivity index (χ4n) is 1.96. The maximum atomic E-state index is 3.47. The molecule has 98 valence electrons. The molecule has 0 aliphatic heterocycles. The fourth-order valence-corrected chi connectivity index (χ4v) is 1.96. The smallest absolute Gasteiger partial charge is 0.00641 e. The largest absolute Gasteiger partial charge is 0.315 e. The third kappa shape index (κ3) is 8.12. The molecular weight excluding hydrogens is 196 g/mol. The molecule has 0 heterocycles. The first kappa shape index (κ1) is 15.9. The molecule has 0 fully saturated rings. The van der Waals surface area contributed by atoms with Crippen LogP contribution in [0.15, 0.2) is 0 Å². The molecule has 0 saturated carbocycles. The zero-order valence-electron chi connectivity index (χ0n) is 12.1. The SMILES string of the molecule is CCC(C)N(CC)CCCCCNC(C)C. The van der Waals surface area contributed by atoms with Gasteiger partial charge in [-0.1, -0.05) is 34.1 Å². The van der Waals surface area contributed by atoms with Crippen molar-refractivity contribution in [2.75, 3.05) is 19.6 Å². The van der Waals surface area contributed by atoms with E-state index in [0.29, 0.717) is 6.04 Å². The molecule has 0 spiro atoms. The van der Waals surface area contributed by atoms with Crippen LogP contribution in [0.5, 0.6) is 0 Å². The Bertz CT molecular complexity index is 146. The van der Waals surface area contributed by atoms with Crippen LogP contribution >= 0.6 is 0 Å². The molecular formula is C14H32N2. The van der Waals surface area contributed by atoms with Crippen molar-refractivity contribution in [3.05, 3.63) is 0 Å². The van der Waals surface area contributed by atoms with Crippen molar-refractivity contribution in [3.8, 4) is 0 Å². The van der Waals surface area contributed by atoms with E-state index in [1.165, 1.54) is 45.3 Å². The van der Waals surface area contributed by atoms with Gasteiger partial charge in [0.25, 0.3) is 0 Å². The lowest BCUT2D eigenvalue weighted by Crippen LogP contribution is -2.33. The first-order valence-corrected chi connectivity index (χ1v) is 7.09. The average Bonchev–Trinajstić information content (AvgIpc) is 2.27. The highest BCUT2D eigenvalue weighted by Crippen LogP contribution is 2.05. The number of hydrogen-bond donors (Lipinski definition) is 1. The molecule has 0 aliphatic carbocycles. The summed E-state index contributed by atoms with van der Waals surface area (Å²) < 4.78 is 0. The van der Waals surface area contributed by atoms with Crippen molar-refractivity contribution in [1.29, 1.82) is 0 Å². The van der Waals surface area contributed by atoms with E-state index in [-0.39, 0.29) is 0 Å². The number of hydrogen-bond acceptors (Lipinski definition) is 2. The van der Waals surface area contributed by atoms with Gasteiger partial charge in [0, 0.05) is 12.1 Å². The Balaban J connectivity index is 3.41. The Morgan fingerprint density at radius 1 is 1.00 bits per heavy atom. The molecule has 0 saturated heterocycles. The van der Waals surface area contributed by atoms with E-state index < -0.39 is 0 Å². The molecule has 0 bridgehead atoms. The monoisotopic (exact) mass is 228 g/mol. The Labute approximate surface area is 103 Å². The number of rotatable bonds is 10. The first-order chi connectivity index (χ1) is 7.61. The van der Waals surface area contributed by atoms with Crippen LogP contribution in [-0.2, 0) is 0 Å². The molecule has 16 heavy (non-hydrogen) atoms. The fraction of sp³-hybridized carbons (Fsp3) is 1.00. The van der Waals surface area contributed by atoms with E-state index in [1.54, 1.807) is 0 Å². The Hall–Kier alpha value is -0.0800. The van der Waals surface area contributed by atoms with Crippen molar-refractivity contribution in [2.45, 2.75) is 72.4 Å². The summed E-state index contributed by atoms with van der Waals surface area (Å²) >= 11 is 0. The summed E-state index contributed by atoms with van der Waals surface area (Å²) in [5, 5.41) is 3.47. The summed E-state index contributed by atoms with van der Waals surface area (Å²) in [6.07, 6.45) is 5.28. The second-order valence-corrected chi connectivity index (χ2v) is 5.06. The molecule has 0 aromatic rings. The standard InChI is InChI=1S/C14H32N2/c1-6-14(5)16(7-2)12-10-8-9-11-15-13(3)4/h13-15H,6-12H2,1-5H3. The van der Waals surface area contributed by atoms with Gasteiger partial charge in [-0.2, -0.15) is 0 Å². The quantitative estimate of drug-likeness (QED) is 0.577. The van der Waals surface area contributed by atoms with Crippen LogP contribution in [0.25, 0.3) is 0 Å². The van der Waals surface area contributed by atoms with Crippen LogP contribution in [0.1, 0.15) is 60.3 Å². The zero-order valence-corrected chi connectivity index (χ0v) is 12.1. The second kappa shape index (κ2) is 10.1.